The van der Waals surface area contributed by atoms with E-state index in [-0.39, 0.29) is 41.9 Å². The average Bonchev–Trinajstić information content (AvgIpc) is 3.32. The van der Waals surface area contributed by atoms with Gasteiger partial charge in [0.1, 0.15) is 13.9 Å². The van der Waals surface area contributed by atoms with Crippen LogP contribution >= 0.6 is 0 Å². The molecule has 2 aliphatic carbocycles. The minimum absolute atomic E-state index is 0.0303. The zero-order valence-electron chi connectivity index (χ0n) is 23.8. The molecule has 37 heavy (non-hydrogen) atoms. The minimum Gasteiger partial charge on any atom is -0.379 e. The Morgan fingerprint density at radius 2 is 2.03 bits per heavy atom. The van der Waals surface area contributed by atoms with Gasteiger partial charge in [0.2, 0.25) is 0 Å². The first kappa shape index (κ1) is 29.0. The Morgan fingerprint density at radius 1 is 1.16 bits per heavy atom. The highest BCUT2D eigenvalue weighted by Gasteiger charge is 2.58. The van der Waals surface area contributed by atoms with Gasteiger partial charge in [0.25, 0.3) is 0 Å². The monoisotopic (exact) mass is 530 g/mol. The largest absolute Gasteiger partial charge is 0.379 e. The van der Waals surface area contributed by atoms with E-state index in [1.165, 1.54) is 12.8 Å². The van der Waals surface area contributed by atoms with Crippen molar-refractivity contribution in [3.63, 3.8) is 0 Å². The summed E-state index contributed by atoms with van der Waals surface area (Å²) in [5, 5.41) is 0. The summed E-state index contributed by atoms with van der Waals surface area (Å²) in [4.78, 5) is 12.8. The fourth-order valence-corrected chi connectivity index (χ4v) is 7.14. The molecule has 5 nitrogen and oxygen atoms in total. The van der Waals surface area contributed by atoms with Crippen LogP contribution in [0.15, 0.2) is 12.2 Å². The van der Waals surface area contributed by atoms with Crippen molar-refractivity contribution in [3.05, 3.63) is 12.2 Å². The maximum absolute atomic E-state index is 12.8. The van der Waals surface area contributed by atoms with E-state index in [2.05, 4.69) is 50.2 Å². The van der Waals surface area contributed by atoms with Crippen molar-refractivity contribution in [1.29, 1.82) is 0 Å². The lowest BCUT2D eigenvalue weighted by atomic mass is 9.79. The Bertz CT molecular complexity index is 827. The number of fused-ring (bicyclic) bond motifs is 1. The zero-order valence-corrected chi connectivity index (χ0v) is 24.8. The van der Waals surface area contributed by atoms with Gasteiger partial charge in [0.15, 0.2) is 6.29 Å². The van der Waals surface area contributed by atoms with E-state index in [1.807, 2.05) is 0 Å². The van der Waals surface area contributed by atoms with Crippen molar-refractivity contribution in [1.82, 2.24) is 0 Å². The molecule has 0 amide bonds. The SMILES string of the molecule is CCCCCC(C=C[C@@H]1[C@H]2CC(=O)C[C@@]2(C#C[Si](C)(C)C)C[C@H]1OC1CCCCO1)O[C@H]1CCCOC1. The number of rotatable bonds is 10. The number of unbranched alkanes of at least 4 members (excludes halogenated alkanes) is 2. The van der Waals surface area contributed by atoms with E-state index in [9.17, 15) is 4.79 Å². The molecule has 2 saturated heterocycles. The van der Waals surface area contributed by atoms with Crippen LogP contribution in [-0.4, -0.2) is 58.3 Å². The van der Waals surface area contributed by atoms with Crippen LogP contribution < -0.4 is 0 Å². The zero-order chi connectivity index (χ0) is 26.3. The van der Waals surface area contributed by atoms with E-state index in [0.717, 1.165) is 64.6 Å². The third-order valence-electron chi connectivity index (χ3n) is 8.41. The summed E-state index contributed by atoms with van der Waals surface area (Å²) in [6.45, 7) is 11.4. The maximum atomic E-state index is 12.8. The van der Waals surface area contributed by atoms with Crippen LogP contribution in [0.25, 0.3) is 0 Å². The fourth-order valence-electron chi connectivity index (χ4n) is 6.51. The predicted octanol–water partition coefficient (Wildman–Crippen LogP) is 6.47. The lowest BCUT2D eigenvalue weighted by Gasteiger charge is -2.29. The first-order valence-corrected chi connectivity index (χ1v) is 18.5. The molecular formula is C31H50O5Si. The molecule has 6 heteroatoms. The smallest absolute Gasteiger partial charge is 0.157 e. The molecule has 2 saturated carbocycles. The first-order valence-electron chi connectivity index (χ1n) is 15.0. The minimum atomic E-state index is -1.57. The second kappa shape index (κ2) is 13.4. The summed E-state index contributed by atoms with van der Waals surface area (Å²) in [5.41, 5.74) is 3.37. The molecule has 0 N–H and O–H groups in total. The average molecular weight is 531 g/mol. The second-order valence-electron chi connectivity index (χ2n) is 12.8. The molecule has 208 valence electrons. The van der Waals surface area contributed by atoms with Crippen molar-refractivity contribution < 1.29 is 23.7 Å². The standard InChI is InChI=1S/C31H50O5Si/c1-5-6-7-11-25(35-26-12-10-17-33-23-26)14-15-27-28-20-24(32)21-31(28,16-19-37(2,3)4)22-29(27)36-30-13-8-9-18-34-30/h14-15,25-30H,5-13,17-18,20-23H2,1-4H3/t25?,26-,27+,28+,29+,30?,31-/m0/s1. The van der Waals surface area contributed by atoms with Gasteiger partial charge in [-0.15, -0.1) is 11.5 Å². The molecule has 7 atom stereocenters. The highest BCUT2D eigenvalue weighted by atomic mass is 28.3. The molecule has 4 aliphatic rings. The maximum Gasteiger partial charge on any atom is 0.157 e. The van der Waals surface area contributed by atoms with Gasteiger partial charge < -0.3 is 18.9 Å². The van der Waals surface area contributed by atoms with E-state index in [0.29, 0.717) is 25.2 Å². The Kier molecular flexibility index (Phi) is 10.5. The molecule has 0 spiro atoms. The van der Waals surface area contributed by atoms with Gasteiger partial charge in [0, 0.05) is 37.4 Å². The highest BCUT2D eigenvalue weighted by molar-refractivity contribution is 6.83. The molecule has 2 unspecified atom stereocenters. The Balaban J connectivity index is 1.56. The summed E-state index contributed by atoms with van der Waals surface area (Å²) < 4.78 is 24.9. The van der Waals surface area contributed by atoms with Crippen molar-refractivity contribution in [2.45, 2.75) is 128 Å². The van der Waals surface area contributed by atoms with Gasteiger partial charge in [-0.2, -0.15) is 0 Å². The normalized spacial score (nSPS) is 35.4. The van der Waals surface area contributed by atoms with Crippen molar-refractivity contribution in [2.75, 3.05) is 19.8 Å². The number of Topliss-reactive ketones (excluding diaryl/α,β-unsaturated/α-hetero) is 1. The lowest BCUT2D eigenvalue weighted by molar-refractivity contribution is -0.193. The number of hydrogen-bond donors (Lipinski definition) is 0. The van der Waals surface area contributed by atoms with Gasteiger partial charge in [-0.3, -0.25) is 4.79 Å². The van der Waals surface area contributed by atoms with Gasteiger partial charge >= 0.3 is 0 Å². The predicted molar refractivity (Wildman–Crippen MR) is 150 cm³/mol. The second-order valence-corrected chi connectivity index (χ2v) is 17.6. The summed E-state index contributed by atoms with van der Waals surface area (Å²) in [5.74, 6) is 4.44. The quantitative estimate of drug-likeness (QED) is 0.140. The molecule has 0 aromatic heterocycles. The van der Waals surface area contributed by atoms with Gasteiger partial charge in [0.05, 0.1) is 24.9 Å². The fraction of sp³-hybridized carbons (Fsp3) is 0.839. The summed E-state index contributed by atoms with van der Waals surface area (Å²) in [7, 11) is -1.57. The van der Waals surface area contributed by atoms with E-state index < -0.39 is 8.07 Å². The van der Waals surface area contributed by atoms with E-state index in [4.69, 9.17) is 18.9 Å². The first-order chi connectivity index (χ1) is 17.8. The van der Waals surface area contributed by atoms with Crippen molar-refractivity contribution >= 4 is 13.9 Å². The van der Waals surface area contributed by atoms with Crippen LogP contribution in [0.2, 0.25) is 19.6 Å². The topological polar surface area (TPSA) is 54.0 Å². The molecule has 4 fully saturated rings. The molecule has 0 aromatic rings. The Labute approximate surface area is 226 Å². The third-order valence-corrected chi connectivity index (χ3v) is 9.28. The lowest BCUT2D eigenvalue weighted by Crippen LogP contribution is -2.31. The number of hydrogen-bond acceptors (Lipinski definition) is 5. The molecule has 2 heterocycles. The Hall–Kier alpha value is -0.973. The van der Waals surface area contributed by atoms with Crippen LogP contribution in [0.4, 0.5) is 0 Å². The van der Waals surface area contributed by atoms with E-state index >= 15 is 0 Å². The summed E-state index contributed by atoms with van der Waals surface area (Å²) >= 11 is 0. The van der Waals surface area contributed by atoms with Crippen LogP contribution in [-0.2, 0) is 23.7 Å². The van der Waals surface area contributed by atoms with Crippen LogP contribution in [0.5, 0.6) is 0 Å². The molecule has 0 aromatic carbocycles. The Morgan fingerprint density at radius 3 is 2.73 bits per heavy atom. The molecule has 0 bridgehead atoms. The summed E-state index contributed by atoms with van der Waals surface area (Å²) in [6.07, 6.45) is 16.7. The van der Waals surface area contributed by atoms with Crippen molar-refractivity contribution in [2.24, 2.45) is 17.3 Å². The molecule has 4 rings (SSSR count). The molecule has 2 aliphatic heterocycles. The van der Waals surface area contributed by atoms with Gasteiger partial charge in [-0.05, 0) is 50.9 Å². The molecule has 0 radical (unpaired) electrons. The summed E-state index contributed by atoms with van der Waals surface area (Å²) in [6, 6.07) is 0. The van der Waals surface area contributed by atoms with Gasteiger partial charge in [-0.25, -0.2) is 0 Å². The van der Waals surface area contributed by atoms with Crippen LogP contribution in [0.3, 0.4) is 0 Å². The number of ketones is 1. The highest BCUT2D eigenvalue weighted by Crippen LogP contribution is 2.57. The van der Waals surface area contributed by atoms with Crippen LogP contribution in [0, 0.1) is 28.7 Å². The number of carbonyl (C=O) groups excluding carboxylic acids is 1. The molecular weight excluding hydrogens is 480 g/mol. The van der Waals surface area contributed by atoms with Crippen LogP contribution in [0.1, 0.15) is 84.0 Å². The van der Waals surface area contributed by atoms with E-state index in [1.54, 1.807) is 0 Å². The number of ether oxygens (including phenoxy) is 4. The van der Waals surface area contributed by atoms with Gasteiger partial charge in [-0.1, -0.05) is 58.0 Å². The van der Waals surface area contributed by atoms with Crippen molar-refractivity contribution in [3.8, 4) is 11.5 Å². The number of carbonyl (C=O) groups is 1. The third kappa shape index (κ3) is 8.26.